The van der Waals surface area contributed by atoms with Gasteiger partial charge in [-0.25, -0.2) is 4.39 Å². The Kier molecular flexibility index (Phi) is 7.61. The molecule has 144 valence electrons. The van der Waals surface area contributed by atoms with Crippen LogP contribution < -0.4 is 0 Å². The zero-order valence-corrected chi connectivity index (χ0v) is 18.0. The van der Waals surface area contributed by atoms with E-state index in [1.54, 1.807) is 12.1 Å². The van der Waals surface area contributed by atoms with E-state index in [1.807, 2.05) is 31.4 Å². The largest absolute Gasteiger partial charge is 0.361 e. The van der Waals surface area contributed by atoms with E-state index >= 15 is 0 Å². The molecule has 0 saturated heterocycles. The third-order valence-corrected chi connectivity index (χ3v) is 5.41. The second kappa shape index (κ2) is 9.70. The topological polar surface area (TPSA) is 15.8 Å². The molecule has 4 rings (SSSR count). The van der Waals surface area contributed by atoms with Crippen LogP contribution in [-0.4, -0.2) is 4.98 Å². The van der Waals surface area contributed by atoms with Crippen molar-refractivity contribution in [2.75, 3.05) is 0 Å². The molecule has 0 bridgehead atoms. The van der Waals surface area contributed by atoms with Crippen molar-refractivity contribution < 1.29 is 4.39 Å². The molecular formula is C24H30FNS. The molecular weight excluding hydrogens is 353 g/mol. The SMILES string of the molecule is CC.CC(C)c1c[nH]c2ccc(F)cc12.CC(C)c1csc2ccccc12. The molecule has 0 radical (unpaired) electrons. The Morgan fingerprint density at radius 1 is 0.852 bits per heavy atom. The van der Waals surface area contributed by atoms with E-state index in [-0.39, 0.29) is 5.82 Å². The van der Waals surface area contributed by atoms with Crippen LogP contribution in [0.3, 0.4) is 0 Å². The molecule has 0 amide bonds. The van der Waals surface area contributed by atoms with Gasteiger partial charge in [-0.1, -0.05) is 59.7 Å². The summed E-state index contributed by atoms with van der Waals surface area (Å²) in [6.45, 7) is 12.7. The fourth-order valence-electron chi connectivity index (χ4n) is 3.04. The number of hydrogen-bond acceptors (Lipinski definition) is 1. The summed E-state index contributed by atoms with van der Waals surface area (Å²) in [4.78, 5) is 3.13. The lowest BCUT2D eigenvalue weighted by molar-refractivity contribution is 0.629. The Balaban J connectivity index is 0.000000178. The van der Waals surface area contributed by atoms with Gasteiger partial charge in [-0.15, -0.1) is 11.3 Å². The van der Waals surface area contributed by atoms with Gasteiger partial charge in [0.1, 0.15) is 5.82 Å². The number of hydrogen-bond donors (Lipinski definition) is 1. The maximum absolute atomic E-state index is 12.9. The third kappa shape index (κ3) is 4.98. The van der Waals surface area contributed by atoms with Crippen LogP contribution in [0.5, 0.6) is 0 Å². The van der Waals surface area contributed by atoms with Crippen molar-refractivity contribution in [1.82, 2.24) is 4.98 Å². The maximum Gasteiger partial charge on any atom is 0.123 e. The summed E-state index contributed by atoms with van der Waals surface area (Å²) in [5.74, 6) is 0.894. The van der Waals surface area contributed by atoms with Gasteiger partial charge in [0.2, 0.25) is 0 Å². The highest BCUT2D eigenvalue weighted by atomic mass is 32.1. The molecule has 27 heavy (non-hydrogen) atoms. The summed E-state index contributed by atoms with van der Waals surface area (Å²) in [6, 6.07) is 13.4. The lowest BCUT2D eigenvalue weighted by Gasteiger charge is -2.01. The lowest BCUT2D eigenvalue weighted by Crippen LogP contribution is -1.84. The molecule has 2 aromatic carbocycles. The van der Waals surface area contributed by atoms with Crippen molar-refractivity contribution in [2.45, 2.75) is 53.4 Å². The first kappa shape index (κ1) is 21.2. The normalized spacial score (nSPS) is 10.7. The number of benzene rings is 2. The van der Waals surface area contributed by atoms with Crippen LogP contribution >= 0.6 is 11.3 Å². The Hall–Kier alpha value is -2.13. The van der Waals surface area contributed by atoms with E-state index in [9.17, 15) is 4.39 Å². The molecule has 1 nitrogen and oxygen atoms in total. The number of rotatable bonds is 2. The predicted octanol–water partition coefficient (Wildman–Crippen LogP) is 8.48. The average molecular weight is 384 g/mol. The van der Waals surface area contributed by atoms with Crippen LogP contribution in [0.2, 0.25) is 0 Å². The standard InChI is InChI=1S/C11H12FN.C11H12S.C2H6/c1-7(2)10-6-13-11-4-3-8(12)5-9(10)11;1-8(2)10-7-12-11-6-4-3-5-9(10)11;1-2/h3-7,13H,1-2H3;3-8H,1-2H3;1-2H3. The minimum absolute atomic E-state index is 0.172. The molecule has 2 heterocycles. The van der Waals surface area contributed by atoms with Gasteiger partial charge >= 0.3 is 0 Å². The molecule has 1 N–H and O–H groups in total. The number of fused-ring (bicyclic) bond motifs is 2. The van der Waals surface area contributed by atoms with E-state index in [0.29, 0.717) is 11.8 Å². The molecule has 0 aliphatic carbocycles. The number of aromatic amines is 1. The molecule has 0 fully saturated rings. The molecule has 2 aromatic heterocycles. The van der Waals surface area contributed by atoms with E-state index in [1.165, 1.54) is 27.3 Å². The molecule has 0 unspecified atom stereocenters. The van der Waals surface area contributed by atoms with Gasteiger partial charge in [0.25, 0.3) is 0 Å². The minimum Gasteiger partial charge on any atom is -0.361 e. The predicted molar refractivity (Wildman–Crippen MR) is 120 cm³/mol. The molecule has 0 aliphatic heterocycles. The number of thiophene rings is 1. The molecule has 3 heteroatoms. The van der Waals surface area contributed by atoms with Crippen LogP contribution in [0.15, 0.2) is 54.0 Å². The highest BCUT2D eigenvalue weighted by molar-refractivity contribution is 7.17. The second-order valence-electron chi connectivity index (χ2n) is 6.93. The molecule has 0 spiro atoms. The van der Waals surface area contributed by atoms with Gasteiger partial charge in [0, 0.05) is 21.8 Å². The fourth-order valence-corrected chi connectivity index (χ4v) is 4.16. The summed E-state index contributed by atoms with van der Waals surface area (Å²) in [5, 5.41) is 4.70. The van der Waals surface area contributed by atoms with Crippen LogP contribution in [0.1, 0.15) is 64.5 Å². The first-order valence-electron chi connectivity index (χ1n) is 9.70. The first-order chi connectivity index (χ1) is 13.0. The zero-order valence-electron chi connectivity index (χ0n) is 17.1. The smallest absolute Gasteiger partial charge is 0.123 e. The quantitative estimate of drug-likeness (QED) is 0.357. The van der Waals surface area contributed by atoms with Crippen molar-refractivity contribution in [2.24, 2.45) is 0 Å². The van der Waals surface area contributed by atoms with Gasteiger partial charge < -0.3 is 4.98 Å². The highest BCUT2D eigenvalue weighted by Gasteiger charge is 2.07. The van der Waals surface area contributed by atoms with E-state index in [0.717, 1.165) is 10.9 Å². The van der Waals surface area contributed by atoms with Gasteiger partial charge in [-0.2, -0.15) is 0 Å². The Morgan fingerprint density at radius 3 is 2.19 bits per heavy atom. The van der Waals surface area contributed by atoms with Crippen LogP contribution in [0.4, 0.5) is 4.39 Å². The second-order valence-corrected chi connectivity index (χ2v) is 7.84. The van der Waals surface area contributed by atoms with Crippen molar-refractivity contribution in [3.05, 3.63) is 71.0 Å². The van der Waals surface area contributed by atoms with E-state index in [2.05, 4.69) is 62.3 Å². The highest BCUT2D eigenvalue weighted by Crippen LogP contribution is 2.30. The van der Waals surface area contributed by atoms with Crippen molar-refractivity contribution in [3.63, 3.8) is 0 Å². The zero-order chi connectivity index (χ0) is 20.0. The van der Waals surface area contributed by atoms with E-state index in [4.69, 9.17) is 0 Å². The van der Waals surface area contributed by atoms with Gasteiger partial charge in [0.05, 0.1) is 0 Å². The van der Waals surface area contributed by atoms with E-state index < -0.39 is 0 Å². The summed E-state index contributed by atoms with van der Waals surface area (Å²) < 4.78 is 14.3. The summed E-state index contributed by atoms with van der Waals surface area (Å²) in [5.41, 5.74) is 3.66. The first-order valence-corrected chi connectivity index (χ1v) is 10.6. The monoisotopic (exact) mass is 383 g/mol. The lowest BCUT2D eigenvalue weighted by atomic mass is 10.0. The summed E-state index contributed by atoms with van der Waals surface area (Å²) >= 11 is 1.84. The molecule has 0 saturated carbocycles. The molecule has 0 aliphatic rings. The number of aromatic nitrogens is 1. The van der Waals surface area contributed by atoms with Gasteiger partial charge in [-0.05, 0) is 58.0 Å². The van der Waals surface area contributed by atoms with Crippen molar-refractivity contribution >= 4 is 32.3 Å². The Morgan fingerprint density at radius 2 is 1.52 bits per heavy atom. The summed E-state index contributed by atoms with van der Waals surface area (Å²) in [7, 11) is 0. The Bertz CT molecular complexity index is 978. The number of nitrogens with one attached hydrogen (secondary N) is 1. The fraction of sp³-hybridized carbons (Fsp3) is 0.333. The number of H-pyrrole nitrogens is 1. The molecule has 4 aromatic rings. The van der Waals surface area contributed by atoms with Crippen LogP contribution in [-0.2, 0) is 0 Å². The van der Waals surface area contributed by atoms with Crippen molar-refractivity contribution in [1.29, 1.82) is 0 Å². The average Bonchev–Trinajstić information content (AvgIpc) is 3.27. The Labute approximate surface area is 166 Å². The maximum atomic E-state index is 12.9. The van der Waals surface area contributed by atoms with Gasteiger partial charge in [0.15, 0.2) is 0 Å². The van der Waals surface area contributed by atoms with Crippen molar-refractivity contribution in [3.8, 4) is 0 Å². The van der Waals surface area contributed by atoms with Crippen LogP contribution in [0.25, 0.3) is 21.0 Å². The third-order valence-electron chi connectivity index (χ3n) is 4.43. The number of halogens is 1. The van der Waals surface area contributed by atoms with Gasteiger partial charge in [-0.3, -0.25) is 0 Å². The van der Waals surface area contributed by atoms with Crippen LogP contribution in [0, 0.1) is 5.82 Å². The summed E-state index contributed by atoms with van der Waals surface area (Å²) in [6.07, 6.45) is 1.95. The molecule has 0 atom stereocenters. The minimum atomic E-state index is -0.172.